The molecule has 0 saturated carbocycles. The Labute approximate surface area is 607 Å². The van der Waals surface area contributed by atoms with Crippen molar-refractivity contribution >= 4 is 95.3 Å². The third-order valence-corrected chi connectivity index (χ3v) is 22.6. The molecule has 0 saturated heterocycles. The largest absolute Gasteiger partial charge is 0.208 e. The first-order chi connectivity index (χ1) is 51.5. The number of nitrogens with zero attached hydrogens (tertiary/aromatic N) is 6. The van der Waals surface area contributed by atoms with Crippen LogP contribution in [-0.4, -0.2) is 29.9 Å². The molecular formula is C96H58N6S2. The van der Waals surface area contributed by atoms with Crippen LogP contribution in [0.5, 0.6) is 0 Å². The maximum absolute atomic E-state index is 5.57. The first kappa shape index (κ1) is 60.7. The molecule has 0 amide bonds. The number of benzene rings is 16. The normalized spacial score (nSPS) is 11.7. The molecule has 0 N–H and O–H groups in total. The van der Waals surface area contributed by atoms with Crippen LogP contribution in [0.3, 0.4) is 0 Å². The Kier molecular flexibility index (Phi) is 14.8. The SMILES string of the molecule is c1ccc(-c2ccccc2-c2nc(-c3cccc(-c4cccc(-c5ccc6ccccc6c5)c4)c3)nc(-c3cccc4c3sc3cc(-c5cccc(-c6nc(-c7ccc8cc(-c9cccc%10ccccc9%10)ccc8c7)nc(-c7cccc8c7sc7ccccc78)n6)c5-c5ccccc5)ccc34)n2)cc1. The molecule has 484 valence electrons. The van der Waals surface area contributed by atoms with Gasteiger partial charge in [-0.1, -0.05) is 297 Å². The maximum atomic E-state index is 5.57. The number of aromatic nitrogens is 6. The lowest BCUT2D eigenvalue weighted by atomic mass is 9.89. The number of rotatable bonds is 12. The Morgan fingerprint density at radius 1 is 0.163 bits per heavy atom. The summed E-state index contributed by atoms with van der Waals surface area (Å²) in [7, 11) is 0. The molecule has 8 heteroatoms. The van der Waals surface area contributed by atoms with E-state index in [1.54, 1.807) is 22.7 Å². The minimum absolute atomic E-state index is 0.586. The number of fused-ring (bicyclic) bond motifs is 9. The van der Waals surface area contributed by atoms with Crippen LogP contribution in [0.15, 0.2) is 352 Å². The topological polar surface area (TPSA) is 77.3 Å². The minimum atomic E-state index is 0.586. The molecule has 16 aromatic carbocycles. The predicted molar refractivity (Wildman–Crippen MR) is 437 cm³/mol. The molecule has 0 spiro atoms. The van der Waals surface area contributed by atoms with Gasteiger partial charge in [0.2, 0.25) is 0 Å². The van der Waals surface area contributed by atoms with Crippen molar-refractivity contribution in [1.29, 1.82) is 0 Å². The average Bonchev–Trinajstić information content (AvgIpc) is 1.46. The Morgan fingerprint density at radius 3 is 1.26 bits per heavy atom. The summed E-state index contributed by atoms with van der Waals surface area (Å²) in [5, 5.41) is 11.8. The Bertz CT molecular complexity index is 6810. The molecule has 0 atom stereocenters. The third-order valence-electron chi connectivity index (χ3n) is 20.2. The smallest absolute Gasteiger partial charge is 0.165 e. The molecule has 4 aromatic heterocycles. The van der Waals surface area contributed by atoms with E-state index in [-0.39, 0.29) is 0 Å². The summed E-state index contributed by atoms with van der Waals surface area (Å²) in [6.07, 6.45) is 0. The van der Waals surface area contributed by atoms with Crippen molar-refractivity contribution in [3.63, 3.8) is 0 Å². The zero-order valence-electron chi connectivity index (χ0n) is 56.0. The van der Waals surface area contributed by atoms with E-state index in [4.69, 9.17) is 29.9 Å². The number of hydrogen-bond acceptors (Lipinski definition) is 8. The second kappa shape index (κ2) is 25.4. The average molecular weight is 1360 g/mol. The molecule has 6 nitrogen and oxygen atoms in total. The van der Waals surface area contributed by atoms with E-state index in [2.05, 4.69) is 352 Å². The Morgan fingerprint density at radius 2 is 0.538 bits per heavy atom. The molecule has 20 aromatic rings. The molecule has 0 fully saturated rings. The highest BCUT2D eigenvalue weighted by Gasteiger charge is 2.24. The van der Waals surface area contributed by atoms with E-state index >= 15 is 0 Å². The molecule has 104 heavy (non-hydrogen) atoms. The first-order valence-electron chi connectivity index (χ1n) is 35.0. The standard InChI is InChI=1S/C96H58N6S2/c1-3-22-60(23-4-1)75-34-11-12-36-82(75)93-97-91(72-32-16-31-66(56-72)64-29-15-30-65(54-64)67-46-45-59-21-7-8-27-63(59)53-67)99-95(101-93)85-43-20-40-81-79-52-51-71(58-87(79)104-90(81)85)77-38-18-41-83(88(77)62-25-5-2-6-26-62)94-98-92(100-96(102-94)84-42-19-39-80-78-35-13-14-44-86(78)103-89(80)84)73-50-48-68-55-70(49-47-69(68)57-73)76-37-17-28-61-24-9-10-33-74(61)76/h1-58H. The van der Waals surface area contributed by atoms with Crippen LogP contribution in [-0.2, 0) is 0 Å². The first-order valence-corrected chi connectivity index (χ1v) is 36.6. The lowest BCUT2D eigenvalue weighted by Gasteiger charge is -2.17. The lowest BCUT2D eigenvalue weighted by Crippen LogP contribution is -2.02. The fourth-order valence-corrected chi connectivity index (χ4v) is 17.6. The predicted octanol–water partition coefficient (Wildman–Crippen LogP) is 26.3. The lowest BCUT2D eigenvalue weighted by molar-refractivity contribution is 1.08. The van der Waals surface area contributed by atoms with Crippen LogP contribution in [0.2, 0.25) is 0 Å². The quantitative estimate of drug-likeness (QED) is 0.121. The second-order valence-electron chi connectivity index (χ2n) is 26.4. The maximum Gasteiger partial charge on any atom is 0.165 e. The Balaban J connectivity index is 0.721. The minimum Gasteiger partial charge on any atom is -0.208 e. The molecule has 0 aliphatic carbocycles. The highest BCUT2D eigenvalue weighted by Crippen LogP contribution is 2.47. The van der Waals surface area contributed by atoms with E-state index in [1.807, 2.05) is 0 Å². The summed E-state index contributed by atoms with van der Waals surface area (Å²) in [6.45, 7) is 0. The van der Waals surface area contributed by atoms with E-state index in [1.165, 1.54) is 53.7 Å². The van der Waals surface area contributed by atoms with Crippen LogP contribution in [0.4, 0.5) is 0 Å². The monoisotopic (exact) mass is 1360 g/mol. The van der Waals surface area contributed by atoms with Crippen molar-refractivity contribution in [1.82, 2.24) is 29.9 Å². The van der Waals surface area contributed by atoms with Crippen molar-refractivity contribution in [2.75, 3.05) is 0 Å². The highest BCUT2D eigenvalue weighted by atomic mass is 32.1. The van der Waals surface area contributed by atoms with Gasteiger partial charge in [-0.05, 0) is 148 Å². The third kappa shape index (κ3) is 10.9. The molecule has 0 radical (unpaired) electrons. The summed E-state index contributed by atoms with van der Waals surface area (Å²) in [5.74, 6) is 3.59. The van der Waals surface area contributed by atoms with Crippen LogP contribution in [0.1, 0.15) is 0 Å². The second-order valence-corrected chi connectivity index (χ2v) is 28.5. The van der Waals surface area contributed by atoms with Gasteiger partial charge in [0, 0.05) is 79.3 Å². The fourth-order valence-electron chi connectivity index (χ4n) is 15.1. The molecule has 0 bridgehead atoms. The van der Waals surface area contributed by atoms with Gasteiger partial charge >= 0.3 is 0 Å². The van der Waals surface area contributed by atoms with Gasteiger partial charge in [-0.15, -0.1) is 22.7 Å². The number of thiophene rings is 2. The van der Waals surface area contributed by atoms with Gasteiger partial charge in [-0.3, -0.25) is 0 Å². The molecule has 0 aliphatic rings. The van der Waals surface area contributed by atoms with Gasteiger partial charge in [0.05, 0.1) is 0 Å². The Hall–Kier alpha value is -13.2. The van der Waals surface area contributed by atoms with Crippen molar-refractivity contribution in [2.45, 2.75) is 0 Å². The van der Waals surface area contributed by atoms with Crippen LogP contribution in [0.25, 0.3) is 208 Å². The summed E-state index contributed by atoms with van der Waals surface area (Å²) < 4.78 is 4.58. The molecular weight excluding hydrogens is 1300 g/mol. The van der Waals surface area contributed by atoms with Crippen molar-refractivity contribution in [3.05, 3.63) is 352 Å². The van der Waals surface area contributed by atoms with Crippen LogP contribution >= 0.6 is 22.7 Å². The van der Waals surface area contributed by atoms with Gasteiger partial charge in [-0.25, -0.2) is 29.9 Å². The zero-order valence-corrected chi connectivity index (χ0v) is 57.6. The molecule has 4 heterocycles. The number of hydrogen-bond donors (Lipinski definition) is 0. The van der Waals surface area contributed by atoms with Crippen molar-refractivity contribution in [2.24, 2.45) is 0 Å². The van der Waals surface area contributed by atoms with Crippen LogP contribution in [0, 0.1) is 0 Å². The van der Waals surface area contributed by atoms with E-state index in [0.29, 0.717) is 34.9 Å². The molecule has 20 rings (SSSR count). The summed E-state index contributed by atoms with van der Waals surface area (Å²) in [5.41, 5.74) is 18.7. The van der Waals surface area contributed by atoms with Gasteiger partial charge in [0.25, 0.3) is 0 Å². The molecule has 0 unspecified atom stereocenters. The van der Waals surface area contributed by atoms with E-state index in [9.17, 15) is 0 Å². The van der Waals surface area contributed by atoms with Crippen molar-refractivity contribution < 1.29 is 0 Å². The summed E-state index contributed by atoms with van der Waals surface area (Å²) >= 11 is 3.55. The van der Waals surface area contributed by atoms with Gasteiger partial charge in [0.15, 0.2) is 34.9 Å². The van der Waals surface area contributed by atoms with E-state index in [0.717, 1.165) is 119 Å². The summed E-state index contributed by atoms with van der Waals surface area (Å²) in [4.78, 5) is 32.9. The van der Waals surface area contributed by atoms with Gasteiger partial charge in [0.1, 0.15) is 0 Å². The zero-order chi connectivity index (χ0) is 68.6. The summed E-state index contributed by atoms with van der Waals surface area (Å²) in [6, 6.07) is 126. The van der Waals surface area contributed by atoms with Crippen LogP contribution < -0.4 is 0 Å². The van der Waals surface area contributed by atoms with Gasteiger partial charge in [-0.2, -0.15) is 0 Å². The van der Waals surface area contributed by atoms with Crippen molar-refractivity contribution in [3.8, 4) is 135 Å². The van der Waals surface area contributed by atoms with Gasteiger partial charge < -0.3 is 0 Å². The fraction of sp³-hybridized carbons (Fsp3) is 0. The molecule has 0 aliphatic heterocycles. The van der Waals surface area contributed by atoms with E-state index < -0.39 is 0 Å². The highest BCUT2D eigenvalue weighted by molar-refractivity contribution is 7.26.